The molecule has 9 heavy (non-hydrogen) atoms. The van der Waals surface area contributed by atoms with Gasteiger partial charge >= 0.3 is 16.3 Å². The predicted molar refractivity (Wildman–Crippen MR) is 45.0 cm³/mol. The van der Waals surface area contributed by atoms with Crippen molar-refractivity contribution >= 4 is 47.9 Å². The summed E-state index contributed by atoms with van der Waals surface area (Å²) in [6.45, 7) is 3.66. The first-order valence-corrected chi connectivity index (χ1v) is 4.89. The Kier molecular flexibility index (Phi) is 2.16. The van der Waals surface area contributed by atoms with Gasteiger partial charge in [-0.2, -0.15) is 0 Å². The van der Waals surface area contributed by atoms with Crippen molar-refractivity contribution in [3.05, 3.63) is 12.3 Å². The van der Waals surface area contributed by atoms with Crippen LogP contribution in [-0.4, -0.2) is 42.5 Å². The second-order valence-corrected chi connectivity index (χ2v) is 3.98. The molecule has 4 heteroatoms. The van der Waals surface area contributed by atoms with Crippen LogP contribution in [0.1, 0.15) is 5.69 Å². The van der Waals surface area contributed by atoms with E-state index in [-0.39, 0.29) is 0 Å². The van der Waals surface area contributed by atoms with Gasteiger partial charge in [-0.15, -0.1) is 0 Å². The van der Waals surface area contributed by atoms with Crippen molar-refractivity contribution in [2.24, 2.45) is 0 Å². The Labute approximate surface area is 70.2 Å². The van der Waals surface area contributed by atoms with Gasteiger partial charge in [-0.25, -0.2) is 0 Å². The van der Waals surface area contributed by atoms with E-state index in [1.165, 1.54) is 4.56 Å². The largest absolute Gasteiger partial charge is 0.378 e. The van der Waals surface area contributed by atoms with Crippen LogP contribution in [0.5, 0.6) is 0 Å². The summed E-state index contributed by atoms with van der Waals surface area (Å²) in [4.78, 5) is 7.45. The van der Waals surface area contributed by atoms with E-state index >= 15 is 0 Å². The van der Waals surface area contributed by atoms with Crippen LogP contribution in [0.3, 0.4) is 0 Å². The van der Waals surface area contributed by atoms with Crippen LogP contribution in [-0.2, 0) is 0 Å². The molecule has 0 spiro atoms. The first-order valence-electron chi connectivity index (χ1n) is 2.89. The normalized spacial score (nSPS) is 9.33. The molecule has 1 aromatic rings. The van der Waals surface area contributed by atoms with E-state index < -0.39 is 0 Å². The molecule has 0 aliphatic heterocycles. The molecular formula is C5H8Al2N2. The van der Waals surface area contributed by atoms with Crippen LogP contribution in [0, 0.1) is 0 Å². The highest BCUT2D eigenvalue weighted by Gasteiger charge is 1.95. The lowest BCUT2D eigenvalue weighted by Gasteiger charge is -1.82. The zero-order valence-corrected chi connectivity index (χ0v) is 9.73. The summed E-state index contributed by atoms with van der Waals surface area (Å²) < 4.78 is 2.38. The van der Waals surface area contributed by atoms with Gasteiger partial charge in [0.25, 0.3) is 16.3 Å². The maximum Gasteiger partial charge on any atom is 0.317 e. The highest BCUT2D eigenvalue weighted by Crippen LogP contribution is 1.83. The van der Waals surface area contributed by atoms with Crippen LogP contribution in [0.2, 0.25) is 0 Å². The lowest BCUT2D eigenvalue weighted by molar-refractivity contribution is 1.40. The van der Waals surface area contributed by atoms with Gasteiger partial charge in [0.15, 0.2) is 0 Å². The van der Waals surface area contributed by atoms with Gasteiger partial charge in [-0.1, -0.05) is 6.58 Å². The van der Waals surface area contributed by atoms with E-state index in [1.54, 1.807) is 6.08 Å². The summed E-state index contributed by atoms with van der Waals surface area (Å²) in [5.41, 5.74) is 1.05. The number of H-pyrrole nitrogens is 1. The quantitative estimate of drug-likeness (QED) is 0.443. The van der Waals surface area contributed by atoms with Gasteiger partial charge in [0.2, 0.25) is 0 Å². The van der Waals surface area contributed by atoms with Crippen LogP contribution in [0.25, 0.3) is 6.08 Å². The molecule has 1 rings (SSSR count). The van der Waals surface area contributed by atoms with Crippen molar-refractivity contribution in [1.29, 1.82) is 0 Å². The van der Waals surface area contributed by atoms with Crippen molar-refractivity contribution < 1.29 is 0 Å². The first-order chi connectivity index (χ1) is 4.24. The summed E-state index contributed by atoms with van der Waals surface area (Å²) in [6, 6.07) is 0. The summed E-state index contributed by atoms with van der Waals surface area (Å²) in [5, 5.41) is 0. The molecule has 0 amide bonds. The molecular weight excluding hydrogens is 142 g/mol. The number of hydrogen-bond acceptors (Lipinski definition) is 1. The molecule has 0 aromatic carbocycles. The molecule has 1 heterocycles. The van der Waals surface area contributed by atoms with E-state index in [0.717, 1.165) is 43.0 Å². The lowest BCUT2D eigenvalue weighted by Crippen LogP contribution is -2.12. The van der Waals surface area contributed by atoms with Crippen molar-refractivity contribution in [1.82, 2.24) is 9.97 Å². The fourth-order valence-electron chi connectivity index (χ4n) is 0.827. The second-order valence-electron chi connectivity index (χ2n) is 2.04. The zero-order valence-electron chi connectivity index (χ0n) is 5.73. The standard InChI is InChI=1S/C5H4N2.2Al.4H/c1-2-5-3-6-4-7-5;;;;;;/h2H,1H2,(H,6,7);;;;;;. The van der Waals surface area contributed by atoms with Crippen molar-refractivity contribution in [3.8, 4) is 0 Å². The first kappa shape index (κ1) is 7.13. The van der Waals surface area contributed by atoms with Crippen molar-refractivity contribution in [3.63, 3.8) is 0 Å². The van der Waals surface area contributed by atoms with Gasteiger partial charge < -0.3 is 4.98 Å². The van der Waals surface area contributed by atoms with Crippen molar-refractivity contribution in [2.75, 3.05) is 0 Å². The molecule has 1 aromatic heterocycles. The summed E-state index contributed by atoms with van der Waals surface area (Å²) in [7, 11) is 0. The van der Waals surface area contributed by atoms with Gasteiger partial charge in [0.1, 0.15) is 0 Å². The van der Waals surface area contributed by atoms with Gasteiger partial charge in [0.05, 0.1) is 5.69 Å². The average Bonchev–Trinajstić information content (AvgIpc) is 2.10. The third kappa shape index (κ3) is 1.48. The summed E-state index contributed by atoms with van der Waals surface area (Å²) >= 11 is 2.04. The Morgan fingerprint density at radius 2 is 2.22 bits per heavy atom. The molecule has 0 fully saturated rings. The topological polar surface area (TPSA) is 28.7 Å². The number of aromatic amines is 1. The van der Waals surface area contributed by atoms with Gasteiger partial charge in [-0.05, 0) is 10.6 Å². The van der Waals surface area contributed by atoms with E-state index in [1.807, 2.05) is 0 Å². The number of hydrogen-bond donors (Lipinski definition) is 1. The predicted octanol–water partition coefficient (Wildman–Crippen LogP) is -2.43. The fraction of sp³-hybridized carbons (Fsp3) is 0. The monoisotopic (exact) mass is 150 g/mol. The van der Waals surface area contributed by atoms with Crippen LogP contribution in [0.15, 0.2) is 6.58 Å². The van der Waals surface area contributed by atoms with Crippen LogP contribution in [0.4, 0.5) is 0 Å². The fourth-order valence-corrected chi connectivity index (χ4v) is 2.62. The number of imidazole rings is 1. The van der Waals surface area contributed by atoms with Crippen molar-refractivity contribution in [2.45, 2.75) is 0 Å². The number of rotatable bonds is 1. The Morgan fingerprint density at radius 1 is 1.56 bits per heavy atom. The molecule has 0 atom stereocenters. The number of nitrogens with one attached hydrogen (secondary N) is 1. The number of aromatic nitrogens is 2. The molecule has 0 unspecified atom stereocenters. The van der Waals surface area contributed by atoms with E-state index in [4.69, 9.17) is 0 Å². The SMILES string of the molecule is C=Cc1n[c]([AlH2])[nH][c]1[AlH2]. The minimum Gasteiger partial charge on any atom is -0.378 e. The molecule has 0 aliphatic rings. The zero-order chi connectivity index (χ0) is 6.85. The molecule has 0 radical (unpaired) electrons. The molecule has 0 saturated carbocycles. The second kappa shape index (κ2) is 2.73. The molecule has 0 aliphatic carbocycles. The molecule has 2 nitrogen and oxygen atoms in total. The third-order valence-electron chi connectivity index (χ3n) is 1.23. The maximum atomic E-state index is 4.25. The van der Waals surface area contributed by atoms with Crippen LogP contribution < -0.4 is 9.24 Å². The van der Waals surface area contributed by atoms with E-state index in [0.29, 0.717) is 0 Å². The molecule has 0 bridgehead atoms. The Balaban J connectivity index is 3.15. The minimum atomic E-state index is 1.01. The number of nitrogens with zero attached hydrogens (tertiary/aromatic N) is 1. The molecule has 1 N–H and O–H groups in total. The Morgan fingerprint density at radius 3 is 2.44 bits per heavy atom. The Bertz CT molecular complexity index is 229. The van der Waals surface area contributed by atoms with Gasteiger partial charge in [0, 0.05) is 4.69 Å². The lowest BCUT2D eigenvalue weighted by atomic mass is 10.5. The highest BCUT2D eigenvalue weighted by molar-refractivity contribution is 6.35. The van der Waals surface area contributed by atoms with Gasteiger partial charge in [-0.3, -0.25) is 4.98 Å². The van der Waals surface area contributed by atoms with E-state index in [9.17, 15) is 0 Å². The summed E-state index contributed by atoms with van der Waals surface area (Å²) in [5.74, 6) is 0. The smallest absolute Gasteiger partial charge is 0.317 e. The van der Waals surface area contributed by atoms with Crippen LogP contribution >= 0.6 is 0 Å². The molecule has 44 valence electrons. The minimum absolute atomic E-state index is 1.01. The Hall–Kier alpha value is 0.0149. The maximum absolute atomic E-state index is 4.25. The average molecular weight is 150 g/mol. The summed E-state index contributed by atoms with van der Waals surface area (Å²) in [6.07, 6.45) is 1.81. The van der Waals surface area contributed by atoms with E-state index in [2.05, 4.69) is 16.5 Å². The highest BCUT2D eigenvalue weighted by atomic mass is 27.1. The molecule has 0 saturated heterocycles. The third-order valence-corrected chi connectivity index (χ3v) is 2.47.